The fraction of sp³-hybridized carbons (Fsp3) is 0.250. The Morgan fingerprint density at radius 1 is 1.77 bits per heavy atom. The van der Waals surface area contributed by atoms with Crippen LogP contribution in [-0.4, -0.2) is 12.2 Å². The summed E-state index contributed by atoms with van der Waals surface area (Å²) in [4.78, 5) is 12.5. The van der Waals surface area contributed by atoms with E-state index in [1.54, 1.807) is 17.6 Å². The number of hydrogen-bond acceptors (Lipinski definition) is 3. The Labute approximate surface area is 80.4 Å². The number of hydrazone groups is 1. The summed E-state index contributed by atoms with van der Waals surface area (Å²) < 4.78 is 0. The van der Waals surface area contributed by atoms with E-state index in [0.717, 1.165) is 11.3 Å². The summed E-state index contributed by atoms with van der Waals surface area (Å²) in [5.74, 6) is 0. The predicted octanol–water partition coefficient (Wildman–Crippen LogP) is 1.31. The van der Waals surface area contributed by atoms with E-state index < -0.39 is 6.03 Å². The first-order valence-electron chi connectivity index (χ1n) is 3.89. The average molecular weight is 197 g/mol. The molecule has 0 radical (unpaired) electrons. The number of urea groups is 1. The Bertz CT molecular complexity index is 319. The SMILES string of the molecule is CCc1ccc(C=NNC(N)=O)s1. The maximum atomic E-state index is 10.3. The molecule has 1 heterocycles. The molecule has 0 bridgehead atoms. The van der Waals surface area contributed by atoms with Crippen LogP contribution in [0.4, 0.5) is 4.79 Å². The van der Waals surface area contributed by atoms with Crippen molar-refractivity contribution in [2.45, 2.75) is 13.3 Å². The van der Waals surface area contributed by atoms with Gasteiger partial charge in [-0.1, -0.05) is 6.92 Å². The van der Waals surface area contributed by atoms with Crippen LogP contribution in [0.15, 0.2) is 17.2 Å². The number of carbonyl (C=O) groups excluding carboxylic acids is 1. The van der Waals surface area contributed by atoms with Crippen molar-refractivity contribution in [3.05, 3.63) is 21.9 Å². The number of amides is 2. The molecule has 1 aromatic heterocycles. The van der Waals surface area contributed by atoms with E-state index in [-0.39, 0.29) is 0 Å². The minimum atomic E-state index is -0.650. The van der Waals surface area contributed by atoms with Gasteiger partial charge in [-0.25, -0.2) is 10.2 Å². The highest BCUT2D eigenvalue weighted by molar-refractivity contribution is 7.13. The van der Waals surface area contributed by atoms with Crippen LogP contribution in [0.1, 0.15) is 16.7 Å². The normalized spacial score (nSPS) is 10.5. The molecule has 0 saturated carbocycles. The van der Waals surface area contributed by atoms with Crippen molar-refractivity contribution in [1.29, 1.82) is 0 Å². The van der Waals surface area contributed by atoms with Gasteiger partial charge in [0.15, 0.2) is 0 Å². The number of nitrogens with one attached hydrogen (secondary N) is 1. The number of nitrogens with zero attached hydrogens (tertiary/aromatic N) is 1. The van der Waals surface area contributed by atoms with Gasteiger partial charge in [0.25, 0.3) is 0 Å². The number of thiophene rings is 1. The summed E-state index contributed by atoms with van der Waals surface area (Å²) in [7, 11) is 0. The molecule has 0 aromatic carbocycles. The summed E-state index contributed by atoms with van der Waals surface area (Å²) in [5.41, 5.74) is 6.96. The quantitative estimate of drug-likeness (QED) is 0.557. The van der Waals surface area contributed by atoms with Gasteiger partial charge < -0.3 is 5.73 Å². The van der Waals surface area contributed by atoms with Crippen LogP contribution >= 0.6 is 11.3 Å². The molecule has 5 heteroatoms. The standard InChI is InChI=1S/C8H11N3OS/c1-2-6-3-4-7(13-6)5-10-11-8(9)12/h3-5H,2H2,1H3,(H3,9,11,12). The fourth-order valence-corrected chi connectivity index (χ4v) is 1.64. The largest absolute Gasteiger partial charge is 0.350 e. The van der Waals surface area contributed by atoms with Gasteiger partial charge >= 0.3 is 6.03 Å². The highest BCUT2D eigenvalue weighted by Crippen LogP contribution is 2.14. The van der Waals surface area contributed by atoms with Gasteiger partial charge in [0.1, 0.15) is 0 Å². The number of aryl methyl sites for hydroxylation is 1. The van der Waals surface area contributed by atoms with Crippen LogP contribution in [0, 0.1) is 0 Å². The van der Waals surface area contributed by atoms with Gasteiger partial charge in [-0.3, -0.25) is 0 Å². The smallest absolute Gasteiger partial charge is 0.332 e. The lowest BCUT2D eigenvalue weighted by Crippen LogP contribution is -2.24. The molecule has 3 N–H and O–H groups in total. The van der Waals surface area contributed by atoms with E-state index in [1.807, 2.05) is 12.1 Å². The number of hydrogen-bond donors (Lipinski definition) is 2. The van der Waals surface area contributed by atoms with Crippen molar-refractivity contribution < 1.29 is 4.79 Å². The average Bonchev–Trinajstić information content (AvgIpc) is 2.52. The third-order valence-electron chi connectivity index (χ3n) is 1.40. The molecule has 0 saturated heterocycles. The highest BCUT2D eigenvalue weighted by atomic mass is 32.1. The second-order valence-electron chi connectivity index (χ2n) is 2.39. The van der Waals surface area contributed by atoms with Gasteiger partial charge in [0.2, 0.25) is 0 Å². The van der Waals surface area contributed by atoms with Gasteiger partial charge in [-0.05, 0) is 18.6 Å². The Kier molecular flexibility index (Phi) is 3.45. The minimum absolute atomic E-state index is 0.650. The van der Waals surface area contributed by atoms with Crippen molar-refractivity contribution in [3.8, 4) is 0 Å². The molecule has 0 spiro atoms. The lowest BCUT2D eigenvalue weighted by atomic mass is 10.4. The molecule has 4 nitrogen and oxygen atoms in total. The molecule has 0 atom stereocenters. The second kappa shape index (κ2) is 4.61. The third kappa shape index (κ3) is 3.25. The van der Waals surface area contributed by atoms with E-state index >= 15 is 0 Å². The summed E-state index contributed by atoms with van der Waals surface area (Å²) in [6, 6.07) is 3.34. The second-order valence-corrected chi connectivity index (χ2v) is 3.59. The highest BCUT2D eigenvalue weighted by Gasteiger charge is 1.94. The molecular weight excluding hydrogens is 186 g/mol. The van der Waals surface area contributed by atoms with Crippen molar-refractivity contribution in [3.63, 3.8) is 0 Å². The molecule has 70 valence electrons. The Hall–Kier alpha value is -1.36. The maximum absolute atomic E-state index is 10.3. The summed E-state index contributed by atoms with van der Waals surface area (Å²) >= 11 is 1.64. The fourth-order valence-electron chi connectivity index (χ4n) is 0.813. The molecule has 2 amide bonds. The molecule has 0 aliphatic heterocycles. The van der Waals surface area contributed by atoms with E-state index in [1.165, 1.54) is 4.88 Å². The van der Waals surface area contributed by atoms with E-state index in [4.69, 9.17) is 5.73 Å². The first kappa shape index (κ1) is 9.73. The van der Waals surface area contributed by atoms with Crippen LogP contribution in [0.3, 0.4) is 0 Å². The Balaban J connectivity index is 2.53. The summed E-state index contributed by atoms with van der Waals surface area (Å²) in [5, 5.41) is 3.65. The zero-order valence-electron chi connectivity index (χ0n) is 7.28. The monoisotopic (exact) mass is 197 g/mol. The molecular formula is C8H11N3OS. The molecule has 1 rings (SSSR count). The van der Waals surface area contributed by atoms with E-state index in [2.05, 4.69) is 17.5 Å². The van der Waals surface area contributed by atoms with Gasteiger partial charge in [0, 0.05) is 9.75 Å². The van der Waals surface area contributed by atoms with E-state index in [9.17, 15) is 4.79 Å². The molecule has 0 unspecified atom stereocenters. The van der Waals surface area contributed by atoms with Crippen LogP contribution < -0.4 is 11.2 Å². The number of carbonyl (C=O) groups is 1. The first-order chi connectivity index (χ1) is 6.22. The van der Waals surface area contributed by atoms with Crippen LogP contribution in [0.2, 0.25) is 0 Å². The van der Waals surface area contributed by atoms with Crippen LogP contribution in [0.5, 0.6) is 0 Å². The molecule has 0 aliphatic rings. The summed E-state index contributed by atoms with van der Waals surface area (Å²) in [6.45, 7) is 2.09. The molecule has 1 aromatic rings. The minimum Gasteiger partial charge on any atom is -0.350 e. The third-order valence-corrected chi connectivity index (χ3v) is 2.56. The number of rotatable bonds is 3. The molecule has 0 aliphatic carbocycles. The van der Waals surface area contributed by atoms with Crippen molar-refractivity contribution in [1.82, 2.24) is 5.43 Å². The first-order valence-corrected chi connectivity index (χ1v) is 4.71. The Morgan fingerprint density at radius 2 is 2.54 bits per heavy atom. The maximum Gasteiger partial charge on any atom is 0.332 e. The van der Waals surface area contributed by atoms with Crippen LogP contribution in [0.25, 0.3) is 0 Å². The van der Waals surface area contributed by atoms with E-state index in [0.29, 0.717) is 0 Å². The van der Waals surface area contributed by atoms with Gasteiger partial charge in [-0.2, -0.15) is 5.10 Å². The zero-order valence-corrected chi connectivity index (χ0v) is 8.10. The lowest BCUT2D eigenvalue weighted by Gasteiger charge is -1.88. The van der Waals surface area contributed by atoms with Crippen molar-refractivity contribution in [2.75, 3.05) is 0 Å². The summed E-state index contributed by atoms with van der Waals surface area (Å²) in [6.07, 6.45) is 2.59. The van der Waals surface area contributed by atoms with Crippen molar-refractivity contribution >= 4 is 23.6 Å². The molecule has 0 fully saturated rings. The molecule has 13 heavy (non-hydrogen) atoms. The van der Waals surface area contributed by atoms with Crippen LogP contribution in [-0.2, 0) is 6.42 Å². The van der Waals surface area contributed by atoms with Gasteiger partial charge in [-0.15, -0.1) is 11.3 Å². The zero-order chi connectivity index (χ0) is 9.68. The van der Waals surface area contributed by atoms with Crippen molar-refractivity contribution in [2.24, 2.45) is 10.8 Å². The topological polar surface area (TPSA) is 67.5 Å². The number of nitrogens with two attached hydrogens (primary N) is 1. The Morgan fingerprint density at radius 3 is 3.08 bits per heavy atom. The predicted molar refractivity (Wildman–Crippen MR) is 54.0 cm³/mol. The lowest BCUT2D eigenvalue weighted by molar-refractivity contribution is 0.249. The van der Waals surface area contributed by atoms with Gasteiger partial charge in [0.05, 0.1) is 6.21 Å². The number of primary amides is 1.